The Morgan fingerprint density at radius 2 is 1.84 bits per heavy atom. The number of likely N-dealkylation sites (tertiary alicyclic amines) is 1. The number of aromatic amines is 2. The highest BCUT2D eigenvalue weighted by Crippen LogP contribution is 2.35. The van der Waals surface area contributed by atoms with Crippen molar-refractivity contribution in [2.75, 3.05) is 26.2 Å². The average molecular weight is 651 g/mol. The number of allylic oxidation sites excluding steroid dienone is 3. The number of pyridine rings is 1. The Bertz CT molecular complexity index is 2130. The van der Waals surface area contributed by atoms with E-state index in [0.29, 0.717) is 6.54 Å². The monoisotopic (exact) mass is 650 g/mol. The number of fused-ring (bicyclic) bond motifs is 2. The number of benzene rings is 3. The van der Waals surface area contributed by atoms with Gasteiger partial charge in [0.1, 0.15) is 17.2 Å². The van der Waals surface area contributed by atoms with Crippen molar-refractivity contribution in [3.8, 4) is 22.5 Å². The van der Waals surface area contributed by atoms with Crippen LogP contribution in [0.2, 0.25) is 0 Å². The first-order valence-corrected chi connectivity index (χ1v) is 17.3. The Kier molecular flexibility index (Phi) is 9.91. The molecule has 1 aliphatic rings. The van der Waals surface area contributed by atoms with E-state index in [9.17, 15) is 4.39 Å². The van der Waals surface area contributed by atoms with Crippen molar-refractivity contribution in [2.24, 2.45) is 0 Å². The molecule has 4 heterocycles. The predicted molar refractivity (Wildman–Crippen MR) is 201 cm³/mol. The minimum Gasteiger partial charge on any atom is -0.338 e. The first-order valence-electron chi connectivity index (χ1n) is 17.3. The van der Waals surface area contributed by atoms with Crippen LogP contribution in [0.3, 0.4) is 0 Å². The second kappa shape index (κ2) is 15.0. The molecule has 3 aromatic heterocycles. The van der Waals surface area contributed by atoms with Crippen LogP contribution >= 0.6 is 0 Å². The summed E-state index contributed by atoms with van der Waals surface area (Å²) in [7, 11) is 0. The number of aromatic nitrogens is 4. The van der Waals surface area contributed by atoms with Gasteiger partial charge in [0, 0.05) is 30.1 Å². The molecule has 6 aromatic rings. The molecule has 248 valence electrons. The zero-order valence-electron chi connectivity index (χ0n) is 28.1. The van der Waals surface area contributed by atoms with Gasteiger partial charge < -0.3 is 15.2 Å². The van der Waals surface area contributed by atoms with Crippen LogP contribution in [0.5, 0.6) is 0 Å². The molecule has 1 fully saturated rings. The van der Waals surface area contributed by atoms with E-state index in [1.165, 1.54) is 31.5 Å². The molecule has 1 aliphatic heterocycles. The van der Waals surface area contributed by atoms with Crippen LogP contribution < -0.4 is 5.32 Å². The van der Waals surface area contributed by atoms with E-state index in [1.807, 2.05) is 18.2 Å². The molecule has 6 nitrogen and oxygen atoms in total. The molecule has 49 heavy (non-hydrogen) atoms. The first kappa shape index (κ1) is 32.4. The van der Waals surface area contributed by atoms with Gasteiger partial charge in [0.2, 0.25) is 0 Å². The van der Waals surface area contributed by atoms with E-state index in [1.54, 1.807) is 18.3 Å². The van der Waals surface area contributed by atoms with Crippen LogP contribution in [0.4, 0.5) is 4.39 Å². The highest BCUT2D eigenvalue weighted by molar-refractivity contribution is 6.00. The normalized spacial score (nSPS) is 14.3. The third-order valence-electron chi connectivity index (χ3n) is 9.51. The lowest BCUT2D eigenvalue weighted by atomic mass is 9.98. The number of aryl methyl sites for hydroxylation is 1. The maximum atomic E-state index is 14.9. The summed E-state index contributed by atoms with van der Waals surface area (Å²) in [5.41, 5.74) is 10.8. The van der Waals surface area contributed by atoms with Crippen LogP contribution in [0.25, 0.3) is 50.0 Å². The van der Waals surface area contributed by atoms with Crippen LogP contribution in [-0.2, 0) is 13.0 Å². The Labute approximate surface area is 287 Å². The smallest absolute Gasteiger partial charge is 0.138 e. The molecule has 3 aromatic carbocycles. The molecule has 1 saturated heterocycles. The summed E-state index contributed by atoms with van der Waals surface area (Å²) in [6.45, 7) is 11.1. The Morgan fingerprint density at radius 3 is 2.65 bits per heavy atom. The summed E-state index contributed by atoms with van der Waals surface area (Å²) in [5, 5.41) is 13.4. The lowest BCUT2D eigenvalue weighted by Gasteiger charge is -2.14. The molecule has 0 amide bonds. The van der Waals surface area contributed by atoms with Crippen LogP contribution in [0.1, 0.15) is 42.9 Å². The topological polar surface area (TPSA) is 72.6 Å². The fourth-order valence-corrected chi connectivity index (χ4v) is 6.93. The fraction of sp³-hybridized carbons (Fsp3) is 0.238. The average Bonchev–Trinajstić information content (AvgIpc) is 3.90. The third kappa shape index (κ3) is 7.48. The van der Waals surface area contributed by atoms with Gasteiger partial charge in [-0.25, -0.2) is 9.37 Å². The highest BCUT2D eigenvalue weighted by Gasteiger charge is 2.16. The largest absolute Gasteiger partial charge is 0.338 e. The molecule has 0 saturated carbocycles. The Morgan fingerprint density at radius 1 is 0.980 bits per heavy atom. The summed E-state index contributed by atoms with van der Waals surface area (Å²) in [5.74, 6) is -0.208. The molecular formula is C42H43FN6. The number of hydrogen-bond donors (Lipinski definition) is 3. The lowest BCUT2D eigenvalue weighted by Crippen LogP contribution is -2.20. The summed E-state index contributed by atoms with van der Waals surface area (Å²) in [6, 6.07) is 26.3. The predicted octanol–water partition coefficient (Wildman–Crippen LogP) is 9.25. The minimum absolute atomic E-state index is 0.208. The minimum atomic E-state index is -0.208. The van der Waals surface area contributed by atoms with Gasteiger partial charge in [-0.3, -0.25) is 5.10 Å². The van der Waals surface area contributed by atoms with Gasteiger partial charge >= 0.3 is 0 Å². The molecule has 7 rings (SSSR count). The number of rotatable bonds is 13. The van der Waals surface area contributed by atoms with E-state index in [2.05, 4.69) is 106 Å². The summed E-state index contributed by atoms with van der Waals surface area (Å²) < 4.78 is 14.9. The third-order valence-corrected chi connectivity index (χ3v) is 9.51. The van der Waals surface area contributed by atoms with E-state index < -0.39 is 0 Å². The zero-order chi connectivity index (χ0) is 33.6. The summed E-state index contributed by atoms with van der Waals surface area (Å²) in [4.78, 5) is 10.6. The lowest BCUT2D eigenvalue weighted by molar-refractivity contribution is 0.334. The molecule has 0 atom stereocenters. The fourth-order valence-electron chi connectivity index (χ4n) is 6.93. The van der Waals surface area contributed by atoms with Crippen molar-refractivity contribution in [3.05, 3.63) is 138 Å². The van der Waals surface area contributed by atoms with E-state index in [4.69, 9.17) is 5.10 Å². The highest BCUT2D eigenvalue weighted by atomic mass is 19.1. The van der Waals surface area contributed by atoms with Crippen LogP contribution in [-0.4, -0.2) is 51.2 Å². The summed E-state index contributed by atoms with van der Waals surface area (Å²) in [6.07, 6.45) is 12.5. The van der Waals surface area contributed by atoms with Crippen molar-refractivity contribution in [1.82, 2.24) is 30.4 Å². The number of hydrogen-bond acceptors (Lipinski definition) is 4. The maximum absolute atomic E-state index is 14.9. The number of H-pyrrole nitrogens is 2. The van der Waals surface area contributed by atoms with Gasteiger partial charge in [0.15, 0.2) is 0 Å². The van der Waals surface area contributed by atoms with Gasteiger partial charge in [0.25, 0.3) is 0 Å². The Hall–Kier alpha value is -5.11. The molecule has 7 heteroatoms. The SMILES string of the molecule is C=C/C(=C\C(=C/C)c1ccc2[nH]nc(-c3cc4c(-c5cc(F)cc(CCCN6CCCC6)c5)ccnc4[nH]3)c2c1)CNCc1ccccc1. The maximum Gasteiger partial charge on any atom is 0.138 e. The zero-order valence-corrected chi connectivity index (χ0v) is 28.1. The number of halogens is 1. The molecule has 0 aliphatic carbocycles. The second-order valence-electron chi connectivity index (χ2n) is 12.9. The van der Waals surface area contributed by atoms with E-state index >= 15 is 0 Å². The molecule has 0 radical (unpaired) electrons. The number of nitrogens with one attached hydrogen (secondary N) is 3. The molecule has 3 N–H and O–H groups in total. The molecule has 0 unspecified atom stereocenters. The number of nitrogens with zero attached hydrogens (tertiary/aromatic N) is 3. The standard InChI is InChI=1S/C42H43FN6/c1-3-29(27-44-28-30-11-6-5-7-12-30)21-32(4-2)33-14-15-39-38(25-33)41(48-47-39)40-26-37-36(16-17-45-42(37)46-40)34-22-31(23-35(43)24-34)13-10-20-49-18-8-9-19-49/h3-7,11-12,14-17,21-26,44H,1,8-10,13,18-20,27-28H2,2H3,(H,45,46)(H,47,48)/b29-21+,32-4+. The van der Waals surface area contributed by atoms with Gasteiger partial charge in [-0.2, -0.15) is 5.10 Å². The van der Waals surface area contributed by atoms with E-state index in [0.717, 1.165) is 92.7 Å². The molecule has 0 bridgehead atoms. The first-order chi connectivity index (χ1) is 24.1. The Balaban J connectivity index is 1.14. The van der Waals surface area contributed by atoms with Gasteiger partial charge in [0.05, 0.1) is 11.2 Å². The molecule has 0 spiro atoms. The van der Waals surface area contributed by atoms with Crippen molar-refractivity contribution < 1.29 is 4.39 Å². The van der Waals surface area contributed by atoms with E-state index in [-0.39, 0.29) is 5.82 Å². The van der Waals surface area contributed by atoms with Crippen molar-refractivity contribution in [3.63, 3.8) is 0 Å². The van der Waals surface area contributed by atoms with Gasteiger partial charge in [-0.1, -0.05) is 67.3 Å². The second-order valence-corrected chi connectivity index (χ2v) is 12.9. The summed E-state index contributed by atoms with van der Waals surface area (Å²) >= 11 is 0. The van der Waals surface area contributed by atoms with Crippen molar-refractivity contribution >= 4 is 27.5 Å². The van der Waals surface area contributed by atoms with Crippen LogP contribution in [0.15, 0.2) is 115 Å². The van der Waals surface area contributed by atoms with Gasteiger partial charge in [-0.15, -0.1) is 0 Å². The molecular weight excluding hydrogens is 608 g/mol. The van der Waals surface area contributed by atoms with Gasteiger partial charge in [-0.05, 0) is 128 Å². The quantitative estimate of drug-likeness (QED) is 0.109. The van der Waals surface area contributed by atoms with Crippen LogP contribution in [0, 0.1) is 5.82 Å². The van der Waals surface area contributed by atoms with Crippen molar-refractivity contribution in [1.29, 1.82) is 0 Å². The van der Waals surface area contributed by atoms with Crippen molar-refractivity contribution in [2.45, 2.75) is 39.2 Å².